The van der Waals surface area contributed by atoms with Gasteiger partial charge in [-0.3, -0.25) is 0 Å². The van der Waals surface area contributed by atoms with Gasteiger partial charge in [-0.25, -0.2) is 4.98 Å². The third-order valence-electron chi connectivity index (χ3n) is 2.00. The molecule has 12 heavy (non-hydrogen) atoms. The number of nitrogens with zero attached hydrogens (tertiary/aromatic N) is 2. The number of fused-ring (bicyclic) bond motifs is 1. The number of rotatable bonds is 0. The minimum absolute atomic E-state index is 0.776. The molecular formula is C9H9ClN2. The SMILES string of the molecule is Cc1cn(C)c2nccc(Cl)c12. The molecule has 0 amide bonds. The van der Waals surface area contributed by atoms with E-state index in [9.17, 15) is 0 Å². The van der Waals surface area contributed by atoms with Crippen LogP contribution in [0.1, 0.15) is 5.56 Å². The van der Waals surface area contributed by atoms with Gasteiger partial charge in [-0.05, 0) is 18.6 Å². The Bertz CT molecular complexity index is 431. The monoisotopic (exact) mass is 180 g/mol. The third kappa shape index (κ3) is 0.916. The maximum atomic E-state index is 6.02. The fraction of sp³-hybridized carbons (Fsp3) is 0.222. The van der Waals surface area contributed by atoms with E-state index in [0.717, 1.165) is 16.1 Å². The number of hydrogen-bond donors (Lipinski definition) is 0. The average Bonchev–Trinajstić information content (AvgIpc) is 2.29. The van der Waals surface area contributed by atoms with E-state index in [1.165, 1.54) is 5.56 Å². The molecule has 0 unspecified atom stereocenters. The zero-order valence-corrected chi connectivity index (χ0v) is 7.76. The van der Waals surface area contributed by atoms with Gasteiger partial charge in [0.05, 0.1) is 5.02 Å². The molecule has 3 heteroatoms. The average molecular weight is 181 g/mol. The van der Waals surface area contributed by atoms with Crippen LogP contribution in [0.5, 0.6) is 0 Å². The van der Waals surface area contributed by atoms with Crippen LogP contribution < -0.4 is 0 Å². The number of hydrogen-bond acceptors (Lipinski definition) is 1. The Kier molecular flexibility index (Phi) is 1.58. The van der Waals surface area contributed by atoms with Crippen molar-refractivity contribution in [2.45, 2.75) is 6.92 Å². The first-order valence-electron chi connectivity index (χ1n) is 3.76. The van der Waals surface area contributed by atoms with Gasteiger partial charge < -0.3 is 4.57 Å². The summed E-state index contributed by atoms with van der Waals surface area (Å²) in [6.45, 7) is 2.04. The molecule has 2 heterocycles. The first-order chi connectivity index (χ1) is 5.70. The summed E-state index contributed by atoms with van der Waals surface area (Å²) in [5.74, 6) is 0. The van der Waals surface area contributed by atoms with Crippen LogP contribution in [0.4, 0.5) is 0 Å². The van der Waals surface area contributed by atoms with Gasteiger partial charge >= 0.3 is 0 Å². The second-order valence-electron chi connectivity index (χ2n) is 2.91. The molecule has 0 spiro atoms. The molecule has 0 saturated heterocycles. The normalized spacial score (nSPS) is 10.9. The lowest BCUT2D eigenvalue weighted by atomic mass is 10.2. The molecule has 62 valence electrons. The van der Waals surface area contributed by atoms with E-state index in [-0.39, 0.29) is 0 Å². The molecule has 0 atom stereocenters. The van der Waals surface area contributed by atoms with Gasteiger partial charge in [-0.2, -0.15) is 0 Å². The Balaban J connectivity index is 2.99. The highest BCUT2D eigenvalue weighted by Crippen LogP contribution is 2.25. The molecule has 0 bridgehead atoms. The van der Waals surface area contributed by atoms with Crippen molar-refractivity contribution in [3.63, 3.8) is 0 Å². The molecule has 2 rings (SSSR count). The van der Waals surface area contributed by atoms with Crippen molar-refractivity contribution in [3.05, 3.63) is 29.0 Å². The van der Waals surface area contributed by atoms with E-state index in [1.807, 2.05) is 30.8 Å². The summed E-state index contributed by atoms with van der Waals surface area (Å²) >= 11 is 6.02. The topological polar surface area (TPSA) is 17.8 Å². The molecule has 0 N–H and O–H groups in total. The van der Waals surface area contributed by atoms with Crippen molar-refractivity contribution in [1.82, 2.24) is 9.55 Å². The van der Waals surface area contributed by atoms with E-state index in [4.69, 9.17) is 11.6 Å². The number of pyridine rings is 1. The standard InChI is InChI=1S/C9H9ClN2/c1-6-5-12(2)9-8(6)7(10)3-4-11-9/h3-5H,1-2H3. The van der Waals surface area contributed by atoms with Crippen molar-refractivity contribution < 1.29 is 0 Å². The van der Waals surface area contributed by atoms with Crippen LogP contribution in [0.3, 0.4) is 0 Å². The minimum Gasteiger partial charge on any atom is -0.335 e. The molecular weight excluding hydrogens is 172 g/mol. The van der Waals surface area contributed by atoms with E-state index < -0.39 is 0 Å². The van der Waals surface area contributed by atoms with E-state index in [2.05, 4.69) is 4.98 Å². The fourth-order valence-corrected chi connectivity index (χ4v) is 1.77. The zero-order chi connectivity index (χ0) is 8.72. The highest BCUT2D eigenvalue weighted by Gasteiger charge is 2.06. The second kappa shape index (κ2) is 2.49. The van der Waals surface area contributed by atoms with Crippen molar-refractivity contribution in [2.75, 3.05) is 0 Å². The van der Waals surface area contributed by atoms with Crippen LogP contribution in [-0.4, -0.2) is 9.55 Å². The Hall–Kier alpha value is -1.02. The minimum atomic E-state index is 0.776. The number of aromatic nitrogens is 2. The molecule has 0 aliphatic rings. The van der Waals surface area contributed by atoms with Crippen molar-refractivity contribution >= 4 is 22.6 Å². The Labute approximate surface area is 75.8 Å². The van der Waals surface area contributed by atoms with E-state index in [1.54, 1.807) is 6.20 Å². The lowest BCUT2D eigenvalue weighted by molar-refractivity contribution is 0.944. The third-order valence-corrected chi connectivity index (χ3v) is 2.31. The summed E-state index contributed by atoms with van der Waals surface area (Å²) in [4.78, 5) is 4.24. The van der Waals surface area contributed by atoms with Crippen LogP contribution in [0.15, 0.2) is 18.5 Å². The molecule has 0 aromatic carbocycles. The van der Waals surface area contributed by atoms with Gasteiger partial charge in [-0.1, -0.05) is 11.6 Å². The lowest BCUT2D eigenvalue weighted by Crippen LogP contribution is -1.86. The summed E-state index contributed by atoms with van der Waals surface area (Å²) in [6, 6.07) is 1.82. The largest absolute Gasteiger partial charge is 0.335 e. The first-order valence-corrected chi connectivity index (χ1v) is 4.14. The molecule has 0 aliphatic carbocycles. The Morgan fingerprint density at radius 2 is 2.25 bits per heavy atom. The van der Waals surface area contributed by atoms with Crippen LogP contribution in [0.2, 0.25) is 5.02 Å². The van der Waals surface area contributed by atoms with E-state index in [0.29, 0.717) is 0 Å². The van der Waals surface area contributed by atoms with Gasteiger partial charge in [-0.15, -0.1) is 0 Å². The summed E-state index contributed by atoms with van der Waals surface area (Å²) in [5, 5.41) is 1.83. The Morgan fingerprint density at radius 3 is 2.92 bits per heavy atom. The van der Waals surface area contributed by atoms with Crippen LogP contribution in [0.25, 0.3) is 11.0 Å². The molecule has 2 aromatic rings. The number of halogens is 1. The zero-order valence-electron chi connectivity index (χ0n) is 7.00. The van der Waals surface area contributed by atoms with Gasteiger partial charge in [0.15, 0.2) is 0 Å². The van der Waals surface area contributed by atoms with Gasteiger partial charge in [0.1, 0.15) is 5.65 Å². The van der Waals surface area contributed by atoms with E-state index >= 15 is 0 Å². The molecule has 0 radical (unpaired) electrons. The maximum absolute atomic E-state index is 6.02. The molecule has 0 aliphatic heterocycles. The molecule has 0 saturated carbocycles. The van der Waals surface area contributed by atoms with Crippen molar-refractivity contribution in [3.8, 4) is 0 Å². The number of aryl methyl sites for hydroxylation is 2. The highest BCUT2D eigenvalue weighted by molar-refractivity contribution is 6.35. The molecule has 2 nitrogen and oxygen atoms in total. The smallest absolute Gasteiger partial charge is 0.141 e. The molecule has 2 aromatic heterocycles. The Morgan fingerprint density at radius 1 is 1.50 bits per heavy atom. The van der Waals surface area contributed by atoms with Crippen molar-refractivity contribution in [2.24, 2.45) is 7.05 Å². The van der Waals surface area contributed by atoms with Gasteiger partial charge in [0, 0.05) is 24.8 Å². The summed E-state index contributed by atoms with van der Waals surface area (Å²) < 4.78 is 1.98. The fourth-order valence-electron chi connectivity index (χ4n) is 1.48. The van der Waals surface area contributed by atoms with Gasteiger partial charge in [0.25, 0.3) is 0 Å². The van der Waals surface area contributed by atoms with Crippen LogP contribution in [0, 0.1) is 6.92 Å². The summed E-state index contributed by atoms with van der Waals surface area (Å²) in [5.41, 5.74) is 2.12. The highest BCUT2D eigenvalue weighted by atomic mass is 35.5. The van der Waals surface area contributed by atoms with Gasteiger partial charge in [0.2, 0.25) is 0 Å². The van der Waals surface area contributed by atoms with Crippen LogP contribution >= 0.6 is 11.6 Å². The quantitative estimate of drug-likeness (QED) is 0.609. The second-order valence-corrected chi connectivity index (χ2v) is 3.32. The first kappa shape index (κ1) is 7.62. The predicted molar refractivity (Wildman–Crippen MR) is 50.5 cm³/mol. The van der Waals surface area contributed by atoms with Crippen LogP contribution in [-0.2, 0) is 7.05 Å². The molecule has 0 fully saturated rings. The summed E-state index contributed by atoms with van der Waals surface area (Å²) in [6.07, 6.45) is 3.76. The van der Waals surface area contributed by atoms with Crippen molar-refractivity contribution in [1.29, 1.82) is 0 Å². The maximum Gasteiger partial charge on any atom is 0.141 e. The predicted octanol–water partition coefficient (Wildman–Crippen LogP) is 2.54. The summed E-state index contributed by atoms with van der Waals surface area (Å²) in [7, 11) is 1.97. The lowest BCUT2D eigenvalue weighted by Gasteiger charge is -1.95.